The maximum absolute atomic E-state index is 12.7. The topological polar surface area (TPSA) is 65.6 Å². The van der Waals surface area contributed by atoms with E-state index in [0.29, 0.717) is 18.0 Å². The molecule has 4 rings (SSSR count). The van der Waals surface area contributed by atoms with Gasteiger partial charge in [-0.15, -0.1) is 0 Å². The Hall–Kier alpha value is -3.07. The molecule has 1 fully saturated rings. The minimum absolute atomic E-state index is 0.243. The van der Waals surface area contributed by atoms with Crippen molar-refractivity contribution in [1.29, 1.82) is 0 Å². The zero-order valence-electron chi connectivity index (χ0n) is 15.4. The molecular weight excluding hydrogens is 385 g/mol. The largest absolute Gasteiger partial charge is 0.508 e. The van der Waals surface area contributed by atoms with E-state index in [0.717, 1.165) is 44.0 Å². The van der Waals surface area contributed by atoms with E-state index >= 15 is 0 Å². The second-order valence-electron chi connectivity index (χ2n) is 6.87. The second kappa shape index (κ2) is 7.75. The monoisotopic (exact) mass is 404 g/mol. The Balaban J connectivity index is 1.34. The molecule has 2 heterocycles. The zero-order chi connectivity index (χ0) is 20.4. The van der Waals surface area contributed by atoms with Crippen LogP contribution in [0.2, 0.25) is 0 Å². The van der Waals surface area contributed by atoms with Gasteiger partial charge in [-0.1, -0.05) is 17.3 Å². The van der Waals surface area contributed by atoms with Gasteiger partial charge in [0.25, 0.3) is 0 Å². The number of phenolic OH excluding ortho intramolecular Hbond substituents is 1. The van der Waals surface area contributed by atoms with Crippen molar-refractivity contribution in [1.82, 2.24) is 15.0 Å². The van der Waals surface area contributed by atoms with Crippen LogP contribution >= 0.6 is 0 Å². The lowest BCUT2D eigenvalue weighted by Gasteiger charge is -2.35. The van der Waals surface area contributed by atoms with Crippen molar-refractivity contribution in [3.05, 3.63) is 60.0 Å². The van der Waals surface area contributed by atoms with Crippen molar-refractivity contribution >= 4 is 5.69 Å². The first-order chi connectivity index (χ1) is 13.9. The molecule has 0 spiro atoms. The summed E-state index contributed by atoms with van der Waals surface area (Å²) in [5.41, 5.74) is 0.825. The standard InChI is InChI=1S/C20H19F3N4O2/c21-20(22,23)15-3-1-14(2-4-15)19-24-18(29-25-19)13-26-9-11-27(12-10-26)16-5-7-17(28)8-6-16/h1-8,28H,9-13H2. The summed E-state index contributed by atoms with van der Waals surface area (Å²) in [4.78, 5) is 8.73. The van der Waals surface area contributed by atoms with Crippen LogP contribution in [0.25, 0.3) is 11.4 Å². The Labute approximate surface area is 165 Å². The van der Waals surface area contributed by atoms with Gasteiger partial charge in [0, 0.05) is 37.4 Å². The summed E-state index contributed by atoms with van der Waals surface area (Å²) in [6.07, 6.45) is -4.37. The van der Waals surface area contributed by atoms with Crippen LogP contribution in [0.3, 0.4) is 0 Å². The fourth-order valence-electron chi connectivity index (χ4n) is 3.26. The molecule has 0 radical (unpaired) electrons. The number of hydrogen-bond acceptors (Lipinski definition) is 6. The van der Waals surface area contributed by atoms with Gasteiger partial charge in [-0.05, 0) is 36.4 Å². The number of nitrogens with zero attached hydrogens (tertiary/aromatic N) is 4. The Kier molecular flexibility index (Phi) is 5.14. The number of benzene rings is 2. The van der Waals surface area contributed by atoms with Crippen molar-refractivity contribution < 1.29 is 22.8 Å². The normalized spacial score (nSPS) is 15.6. The van der Waals surface area contributed by atoms with E-state index in [2.05, 4.69) is 19.9 Å². The first kappa shape index (κ1) is 19.3. The van der Waals surface area contributed by atoms with Crippen LogP contribution in [0, 0.1) is 0 Å². The van der Waals surface area contributed by atoms with Gasteiger partial charge in [-0.3, -0.25) is 4.90 Å². The Morgan fingerprint density at radius 2 is 1.59 bits per heavy atom. The summed E-state index contributed by atoms with van der Waals surface area (Å²) in [5, 5.41) is 13.3. The molecule has 0 bridgehead atoms. The van der Waals surface area contributed by atoms with E-state index in [1.54, 1.807) is 12.1 Å². The SMILES string of the molecule is Oc1ccc(N2CCN(Cc3nc(-c4ccc(C(F)(F)F)cc4)no3)CC2)cc1. The van der Waals surface area contributed by atoms with Gasteiger partial charge in [0.05, 0.1) is 12.1 Å². The highest BCUT2D eigenvalue weighted by atomic mass is 19.4. The lowest BCUT2D eigenvalue weighted by Crippen LogP contribution is -2.46. The molecule has 29 heavy (non-hydrogen) atoms. The van der Waals surface area contributed by atoms with Gasteiger partial charge < -0.3 is 14.5 Å². The summed E-state index contributed by atoms with van der Waals surface area (Å²) < 4.78 is 43.3. The first-order valence-electron chi connectivity index (χ1n) is 9.15. The molecule has 1 aliphatic heterocycles. The van der Waals surface area contributed by atoms with Crippen LogP contribution < -0.4 is 4.90 Å². The third-order valence-corrected chi connectivity index (χ3v) is 4.88. The van der Waals surface area contributed by atoms with E-state index < -0.39 is 11.7 Å². The molecule has 9 heteroatoms. The van der Waals surface area contributed by atoms with Crippen molar-refractivity contribution in [2.45, 2.75) is 12.7 Å². The van der Waals surface area contributed by atoms with E-state index in [-0.39, 0.29) is 11.6 Å². The van der Waals surface area contributed by atoms with Gasteiger partial charge in [0.2, 0.25) is 11.7 Å². The summed E-state index contributed by atoms with van der Waals surface area (Å²) in [7, 11) is 0. The number of aromatic hydroxyl groups is 1. The summed E-state index contributed by atoms with van der Waals surface area (Å²) in [5.74, 6) is 0.946. The smallest absolute Gasteiger partial charge is 0.416 e. The molecule has 0 saturated carbocycles. The van der Waals surface area contributed by atoms with Crippen LogP contribution in [0.5, 0.6) is 5.75 Å². The lowest BCUT2D eigenvalue weighted by molar-refractivity contribution is -0.137. The van der Waals surface area contributed by atoms with Gasteiger partial charge in [0.1, 0.15) is 5.75 Å². The lowest BCUT2D eigenvalue weighted by atomic mass is 10.1. The average molecular weight is 404 g/mol. The first-order valence-corrected chi connectivity index (χ1v) is 9.15. The van der Waals surface area contributed by atoms with Crippen LogP contribution in [0.15, 0.2) is 53.1 Å². The number of hydrogen-bond donors (Lipinski definition) is 1. The number of piperazine rings is 1. The molecule has 1 saturated heterocycles. The number of aromatic nitrogens is 2. The van der Waals surface area contributed by atoms with Crippen molar-refractivity contribution in [2.75, 3.05) is 31.1 Å². The van der Waals surface area contributed by atoms with Crippen LogP contribution in [-0.2, 0) is 12.7 Å². The minimum atomic E-state index is -4.37. The van der Waals surface area contributed by atoms with E-state index in [1.807, 2.05) is 12.1 Å². The predicted molar refractivity (Wildman–Crippen MR) is 100 cm³/mol. The van der Waals surface area contributed by atoms with E-state index in [1.165, 1.54) is 12.1 Å². The fraction of sp³-hybridized carbons (Fsp3) is 0.300. The number of phenols is 1. The summed E-state index contributed by atoms with van der Waals surface area (Å²) in [6, 6.07) is 11.8. The van der Waals surface area contributed by atoms with E-state index in [4.69, 9.17) is 4.52 Å². The summed E-state index contributed by atoms with van der Waals surface area (Å²) >= 11 is 0. The van der Waals surface area contributed by atoms with Crippen molar-refractivity contribution in [3.63, 3.8) is 0 Å². The molecule has 1 N–H and O–H groups in total. The quantitative estimate of drug-likeness (QED) is 0.714. The second-order valence-corrected chi connectivity index (χ2v) is 6.87. The maximum atomic E-state index is 12.7. The number of halogens is 3. The van der Waals surface area contributed by atoms with Crippen LogP contribution in [-0.4, -0.2) is 46.3 Å². The molecule has 6 nitrogen and oxygen atoms in total. The molecule has 0 aliphatic carbocycles. The highest BCUT2D eigenvalue weighted by Crippen LogP contribution is 2.30. The highest BCUT2D eigenvalue weighted by molar-refractivity contribution is 5.54. The molecule has 0 atom stereocenters. The summed E-state index contributed by atoms with van der Waals surface area (Å²) in [6.45, 7) is 3.74. The van der Waals surface area contributed by atoms with Gasteiger partial charge in [-0.25, -0.2) is 0 Å². The highest BCUT2D eigenvalue weighted by Gasteiger charge is 2.30. The Morgan fingerprint density at radius 1 is 0.931 bits per heavy atom. The zero-order valence-corrected chi connectivity index (χ0v) is 15.4. The molecule has 3 aromatic rings. The average Bonchev–Trinajstić information content (AvgIpc) is 3.17. The Bertz CT molecular complexity index is 947. The minimum Gasteiger partial charge on any atom is -0.508 e. The molecular formula is C20H19F3N4O2. The molecule has 2 aromatic carbocycles. The number of rotatable bonds is 4. The van der Waals surface area contributed by atoms with Gasteiger partial charge >= 0.3 is 6.18 Å². The molecule has 0 amide bonds. The molecule has 1 aromatic heterocycles. The van der Waals surface area contributed by atoms with Crippen LogP contribution in [0.4, 0.5) is 18.9 Å². The van der Waals surface area contributed by atoms with Gasteiger partial charge in [0.15, 0.2) is 0 Å². The van der Waals surface area contributed by atoms with E-state index in [9.17, 15) is 18.3 Å². The van der Waals surface area contributed by atoms with Crippen molar-refractivity contribution in [3.8, 4) is 17.1 Å². The molecule has 0 unspecified atom stereocenters. The third-order valence-electron chi connectivity index (χ3n) is 4.88. The molecule has 1 aliphatic rings. The van der Waals surface area contributed by atoms with Crippen molar-refractivity contribution in [2.24, 2.45) is 0 Å². The predicted octanol–water partition coefficient (Wildman–Crippen LogP) is 3.78. The fourth-order valence-corrected chi connectivity index (χ4v) is 3.26. The Morgan fingerprint density at radius 3 is 2.21 bits per heavy atom. The molecule has 152 valence electrons. The maximum Gasteiger partial charge on any atom is 0.416 e. The number of alkyl halides is 3. The third kappa shape index (κ3) is 4.51. The van der Waals surface area contributed by atoms with Crippen LogP contribution in [0.1, 0.15) is 11.5 Å². The van der Waals surface area contributed by atoms with Gasteiger partial charge in [-0.2, -0.15) is 18.2 Å². The number of anilines is 1.